The number of ether oxygens (including phenoxy) is 1. The maximum absolute atomic E-state index is 12.9. The average Bonchev–Trinajstić information content (AvgIpc) is 3.04. The molecule has 1 aliphatic rings. The van der Waals surface area contributed by atoms with Crippen molar-refractivity contribution in [2.75, 3.05) is 20.2 Å². The van der Waals surface area contributed by atoms with Crippen LogP contribution in [0.5, 0.6) is 5.75 Å². The SMILES string of the molecule is COc1ccc(CC2CCN(C(=O)Cc3c(C)[nH]c4ccccc34)CC2)cc1. The molecule has 4 heteroatoms. The van der Waals surface area contributed by atoms with Crippen LogP contribution in [0.2, 0.25) is 0 Å². The van der Waals surface area contributed by atoms with Crippen LogP contribution in [0.4, 0.5) is 0 Å². The fraction of sp³-hybridized carbons (Fsp3) is 0.375. The number of aromatic nitrogens is 1. The van der Waals surface area contributed by atoms with Crippen molar-refractivity contribution in [2.24, 2.45) is 5.92 Å². The number of rotatable bonds is 5. The van der Waals surface area contributed by atoms with E-state index in [-0.39, 0.29) is 5.91 Å². The molecule has 0 spiro atoms. The van der Waals surface area contributed by atoms with Gasteiger partial charge in [0.25, 0.3) is 0 Å². The van der Waals surface area contributed by atoms with E-state index in [2.05, 4.69) is 36.2 Å². The van der Waals surface area contributed by atoms with Gasteiger partial charge in [0, 0.05) is 29.7 Å². The van der Waals surface area contributed by atoms with Crippen LogP contribution in [0.3, 0.4) is 0 Å². The zero-order valence-electron chi connectivity index (χ0n) is 16.7. The van der Waals surface area contributed by atoms with Gasteiger partial charge in [-0.05, 0) is 61.4 Å². The topological polar surface area (TPSA) is 45.3 Å². The minimum absolute atomic E-state index is 0.246. The van der Waals surface area contributed by atoms with Crippen LogP contribution in [0.1, 0.15) is 29.7 Å². The van der Waals surface area contributed by atoms with E-state index in [1.807, 2.05) is 29.2 Å². The standard InChI is InChI=1S/C24H28N2O2/c1-17-22(21-5-3-4-6-23(21)25-17)16-24(27)26-13-11-19(12-14-26)15-18-7-9-20(28-2)10-8-18/h3-10,19,25H,11-16H2,1-2H3. The highest BCUT2D eigenvalue weighted by Gasteiger charge is 2.24. The van der Waals surface area contributed by atoms with Gasteiger partial charge in [-0.1, -0.05) is 30.3 Å². The smallest absolute Gasteiger partial charge is 0.227 e. The summed E-state index contributed by atoms with van der Waals surface area (Å²) in [5.74, 6) is 1.79. The number of aryl methyl sites for hydroxylation is 1. The number of amides is 1. The number of benzene rings is 2. The lowest BCUT2D eigenvalue weighted by Crippen LogP contribution is -2.39. The number of para-hydroxylation sites is 1. The largest absolute Gasteiger partial charge is 0.497 e. The third-order valence-electron chi connectivity index (χ3n) is 6.01. The maximum atomic E-state index is 12.9. The maximum Gasteiger partial charge on any atom is 0.227 e. The van der Waals surface area contributed by atoms with Gasteiger partial charge in [-0.25, -0.2) is 0 Å². The van der Waals surface area contributed by atoms with Gasteiger partial charge in [-0.3, -0.25) is 4.79 Å². The molecule has 1 aliphatic heterocycles. The number of H-pyrrole nitrogens is 1. The highest BCUT2D eigenvalue weighted by atomic mass is 16.5. The quantitative estimate of drug-likeness (QED) is 0.712. The number of fused-ring (bicyclic) bond motifs is 1. The Hall–Kier alpha value is -2.75. The summed E-state index contributed by atoms with van der Waals surface area (Å²) in [6.45, 7) is 3.78. The first-order chi connectivity index (χ1) is 13.6. The van der Waals surface area contributed by atoms with Crippen molar-refractivity contribution in [3.63, 3.8) is 0 Å². The first-order valence-electron chi connectivity index (χ1n) is 10.1. The molecule has 1 amide bonds. The summed E-state index contributed by atoms with van der Waals surface area (Å²) in [6.07, 6.45) is 3.71. The minimum atomic E-state index is 0.246. The summed E-state index contributed by atoms with van der Waals surface area (Å²) in [5, 5.41) is 1.17. The molecule has 0 aliphatic carbocycles. The van der Waals surface area contributed by atoms with Crippen LogP contribution < -0.4 is 4.74 Å². The second-order valence-corrected chi connectivity index (χ2v) is 7.83. The molecule has 0 radical (unpaired) electrons. The molecule has 0 atom stereocenters. The molecule has 1 N–H and O–H groups in total. The molecule has 2 aromatic carbocycles. The second kappa shape index (κ2) is 8.09. The summed E-state index contributed by atoms with van der Waals surface area (Å²) in [4.78, 5) is 18.3. The first kappa shape index (κ1) is 18.6. The van der Waals surface area contributed by atoms with Gasteiger partial charge < -0.3 is 14.6 Å². The predicted octanol–water partition coefficient (Wildman–Crippen LogP) is 4.51. The Morgan fingerprint density at radius 1 is 1.11 bits per heavy atom. The number of carbonyl (C=O) groups is 1. The summed E-state index contributed by atoms with van der Waals surface area (Å²) >= 11 is 0. The van der Waals surface area contributed by atoms with Gasteiger partial charge in [-0.15, -0.1) is 0 Å². The van der Waals surface area contributed by atoms with Crippen LogP contribution in [0, 0.1) is 12.8 Å². The molecule has 28 heavy (non-hydrogen) atoms. The van der Waals surface area contributed by atoms with Crippen LogP contribution >= 0.6 is 0 Å². The molecule has 0 saturated carbocycles. The molecule has 1 aromatic heterocycles. The van der Waals surface area contributed by atoms with Crippen molar-refractivity contribution in [3.05, 3.63) is 65.4 Å². The van der Waals surface area contributed by atoms with E-state index in [1.54, 1.807) is 7.11 Å². The van der Waals surface area contributed by atoms with Gasteiger partial charge in [0.2, 0.25) is 5.91 Å². The molecule has 0 bridgehead atoms. The lowest BCUT2D eigenvalue weighted by molar-refractivity contribution is -0.131. The number of aromatic amines is 1. The van der Waals surface area contributed by atoms with Gasteiger partial charge in [-0.2, -0.15) is 0 Å². The molecular weight excluding hydrogens is 348 g/mol. The van der Waals surface area contributed by atoms with Crippen molar-refractivity contribution < 1.29 is 9.53 Å². The Balaban J connectivity index is 1.34. The number of methoxy groups -OCH3 is 1. The summed E-state index contributed by atoms with van der Waals surface area (Å²) < 4.78 is 5.23. The first-order valence-corrected chi connectivity index (χ1v) is 10.1. The van der Waals surface area contributed by atoms with E-state index >= 15 is 0 Å². The number of carbonyl (C=O) groups excluding carboxylic acids is 1. The third kappa shape index (κ3) is 3.91. The molecule has 4 nitrogen and oxygen atoms in total. The van der Waals surface area contributed by atoms with E-state index in [9.17, 15) is 4.79 Å². The number of hydrogen-bond donors (Lipinski definition) is 1. The van der Waals surface area contributed by atoms with Crippen molar-refractivity contribution in [2.45, 2.75) is 32.6 Å². The highest BCUT2D eigenvalue weighted by molar-refractivity contribution is 5.90. The zero-order chi connectivity index (χ0) is 19.5. The van der Waals surface area contributed by atoms with Gasteiger partial charge >= 0.3 is 0 Å². The molecule has 146 valence electrons. The number of piperidine rings is 1. The normalized spacial score (nSPS) is 15.1. The van der Waals surface area contributed by atoms with E-state index in [0.29, 0.717) is 12.3 Å². The van der Waals surface area contributed by atoms with E-state index in [1.165, 1.54) is 10.9 Å². The van der Waals surface area contributed by atoms with Crippen molar-refractivity contribution in [1.82, 2.24) is 9.88 Å². The predicted molar refractivity (Wildman–Crippen MR) is 113 cm³/mol. The fourth-order valence-corrected chi connectivity index (χ4v) is 4.31. The Bertz CT molecular complexity index is 950. The van der Waals surface area contributed by atoms with E-state index in [4.69, 9.17) is 4.74 Å². The second-order valence-electron chi connectivity index (χ2n) is 7.83. The minimum Gasteiger partial charge on any atom is -0.497 e. The fourth-order valence-electron chi connectivity index (χ4n) is 4.31. The molecular formula is C24H28N2O2. The van der Waals surface area contributed by atoms with Crippen LogP contribution in [-0.2, 0) is 17.6 Å². The lowest BCUT2D eigenvalue weighted by Gasteiger charge is -2.32. The van der Waals surface area contributed by atoms with Gasteiger partial charge in [0.15, 0.2) is 0 Å². The molecule has 0 unspecified atom stereocenters. The zero-order valence-corrected chi connectivity index (χ0v) is 16.7. The Morgan fingerprint density at radius 2 is 1.82 bits per heavy atom. The van der Waals surface area contributed by atoms with Crippen LogP contribution in [0.15, 0.2) is 48.5 Å². The highest BCUT2D eigenvalue weighted by Crippen LogP contribution is 2.26. The summed E-state index contributed by atoms with van der Waals surface area (Å²) in [6, 6.07) is 16.6. The number of nitrogens with one attached hydrogen (secondary N) is 1. The van der Waals surface area contributed by atoms with Crippen LogP contribution in [-0.4, -0.2) is 36.0 Å². The summed E-state index contributed by atoms with van der Waals surface area (Å²) in [5.41, 5.74) is 4.70. The number of nitrogens with zero attached hydrogens (tertiary/aromatic N) is 1. The number of likely N-dealkylation sites (tertiary alicyclic amines) is 1. The molecule has 1 fully saturated rings. The molecule has 3 aromatic rings. The monoisotopic (exact) mass is 376 g/mol. The third-order valence-corrected chi connectivity index (χ3v) is 6.01. The Morgan fingerprint density at radius 3 is 2.54 bits per heavy atom. The average molecular weight is 377 g/mol. The van der Waals surface area contributed by atoms with Crippen molar-refractivity contribution in [3.8, 4) is 5.75 Å². The van der Waals surface area contributed by atoms with Gasteiger partial charge in [0.05, 0.1) is 13.5 Å². The van der Waals surface area contributed by atoms with E-state index < -0.39 is 0 Å². The summed E-state index contributed by atoms with van der Waals surface area (Å²) in [7, 11) is 1.69. The van der Waals surface area contributed by atoms with Crippen molar-refractivity contribution in [1.29, 1.82) is 0 Å². The van der Waals surface area contributed by atoms with Gasteiger partial charge in [0.1, 0.15) is 5.75 Å². The molecule has 4 rings (SSSR count). The Labute approximate surface area is 166 Å². The number of hydrogen-bond acceptors (Lipinski definition) is 2. The van der Waals surface area contributed by atoms with Crippen LogP contribution in [0.25, 0.3) is 10.9 Å². The molecule has 1 saturated heterocycles. The molecule has 2 heterocycles. The Kier molecular flexibility index (Phi) is 5.38. The van der Waals surface area contributed by atoms with E-state index in [0.717, 1.165) is 54.9 Å². The van der Waals surface area contributed by atoms with Crippen molar-refractivity contribution >= 4 is 16.8 Å². The lowest BCUT2D eigenvalue weighted by atomic mass is 9.90.